The largest absolute Gasteiger partial charge is 0.354 e. The van der Waals surface area contributed by atoms with E-state index in [4.69, 9.17) is 0 Å². The first-order valence-electron chi connectivity index (χ1n) is 8.93. The van der Waals surface area contributed by atoms with Crippen LogP contribution in [0.3, 0.4) is 0 Å². The van der Waals surface area contributed by atoms with Gasteiger partial charge in [-0.1, -0.05) is 24.3 Å². The van der Waals surface area contributed by atoms with Gasteiger partial charge in [-0.15, -0.1) is 0 Å². The van der Waals surface area contributed by atoms with E-state index >= 15 is 0 Å². The maximum absolute atomic E-state index is 13.5. The molecule has 138 valence electrons. The molecule has 1 aromatic heterocycles. The summed E-state index contributed by atoms with van der Waals surface area (Å²) < 4.78 is 30.2. The molecule has 4 rings (SSSR count). The van der Waals surface area contributed by atoms with Crippen LogP contribution in [0.4, 0.5) is 0 Å². The number of aromatic nitrogens is 1. The standard InChI is InChI=1S/C19H23N3O3S/c1-20-19(23)18-11-15(12-21(18)2)26(24,25)22(14-8-9-14)17-10-7-13-5-3-4-6-16(13)17/h3-6,11-12,14,17H,7-10H2,1-2H3,(H,20,23)/t17-/m0/s1. The number of amides is 1. The predicted molar refractivity (Wildman–Crippen MR) is 98.4 cm³/mol. The molecule has 1 atom stereocenters. The van der Waals surface area contributed by atoms with E-state index in [-0.39, 0.29) is 22.9 Å². The first-order chi connectivity index (χ1) is 12.4. The normalized spacial score (nSPS) is 19.6. The van der Waals surface area contributed by atoms with Crippen molar-refractivity contribution >= 4 is 15.9 Å². The molecule has 1 amide bonds. The van der Waals surface area contributed by atoms with Crippen molar-refractivity contribution in [1.29, 1.82) is 0 Å². The number of hydrogen-bond donors (Lipinski definition) is 1. The molecule has 0 unspecified atom stereocenters. The molecule has 0 bridgehead atoms. The Balaban J connectivity index is 1.75. The summed E-state index contributed by atoms with van der Waals surface area (Å²) in [5.74, 6) is -0.293. The third-order valence-electron chi connectivity index (χ3n) is 5.33. The Morgan fingerprint density at radius 2 is 1.96 bits per heavy atom. The van der Waals surface area contributed by atoms with Crippen LogP contribution in [0.5, 0.6) is 0 Å². The molecule has 2 aliphatic carbocycles. The Morgan fingerprint density at radius 3 is 2.65 bits per heavy atom. The fourth-order valence-corrected chi connectivity index (χ4v) is 5.85. The number of sulfonamides is 1. The van der Waals surface area contributed by atoms with Gasteiger partial charge >= 0.3 is 0 Å². The van der Waals surface area contributed by atoms with E-state index in [2.05, 4.69) is 11.4 Å². The van der Waals surface area contributed by atoms with Gasteiger partial charge < -0.3 is 9.88 Å². The van der Waals surface area contributed by atoms with E-state index in [1.165, 1.54) is 24.9 Å². The molecule has 0 spiro atoms. The Kier molecular flexibility index (Phi) is 4.16. The smallest absolute Gasteiger partial charge is 0.267 e. The third-order valence-corrected chi connectivity index (χ3v) is 7.26. The van der Waals surface area contributed by atoms with Gasteiger partial charge in [0.05, 0.1) is 6.04 Å². The average molecular weight is 373 g/mol. The van der Waals surface area contributed by atoms with Gasteiger partial charge in [-0.05, 0) is 42.9 Å². The maximum atomic E-state index is 13.5. The number of aryl methyl sites for hydroxylation is 2. The number of nitrogens with zero attached hydrogens (tertiary/aromatic N) is 2. The molecule has 1 N–H and O–H groups in total. The second-order valence-corrected chi connectivity index (χ2v) is 8.91. The molecule has 2 aliphatic rings. The van der Waals surface area contributed by atoms with Gasteiger partial charge in [0.15, 0.2) is 0 Å². The lowest BCUT2D eigenvalue weighted by molar-refractivity contribution is 0.0955. The zero-order valence-electron chi connectivity index (χ0n) is 15.0. The summed E-state index contributed by atoms with van der Waals surface area (Å²) in [7, 11) is -0.447. The summed E-state index contributed by atoms with van der Waals surface area (Å²) in [6.07, 6.45) is 5.04. The minimum atomic E-state index is -3.67. The fourth-order valence-electron chi connectivity index (χ4n) is 3.90. The summed E-state index contributed by atoms with van der Waals surface area (Å²) in [5, 5.41) is 2.55. The molecule has 2 aromatic rings. The van der Waals surface area contributed by atoms with E-state index in [0.29, 0.717) is 5.69 Å². The molecule has 1 aromatic carbocycles. The van der Waals surface area contributed by atoms with Crippen LogP contribution in [-0.4, -0.2) is 36.3 Å². The Labute approximate surface area is 153 Å². The van der Waals surface area contributed by atoms with Gasteiger partial charge in [-0.25, -0.2) is 8.42 Å². The predicted octanol–water partition coefficient (Wildman–Crippen LogP) is 2.23. The quantitative estimate of drug-likeness (QED) is 0.874. The zero-order valence-corrected chi connectivity index (χ0v) is 15.8. The van der Waals surface area contributed by atoms with E-state index in [0.717, 1.165) is 31.2 Å². The van der Waals surface area contributed by atoms with E-state index in [1.54, 1.807) is 15.9 Å². The average Bonchev–Trinajstić information content (AvgIpc) is 3.24. The van der Waals surface area contributed by atoms with Crippen molar-refractivity contribution in [3.8, 4) is 0 Å². The van der Waals surface area contributed by atoms with Crippen molar-refractivity contribution in [2.24, 2.45) is 7.05 Å². The van der Waals surface area contributed by atoms with Gasteiger partial charge in [-0.3, -0.25) is 4.79 Å². The number of fused-ring (bicyclic) bond motifs is 1. The van der Waals surface area contributed by atoms with Crippen LogP contribution in [0.15, 0.2) is 41.4 Å². The van der Waals surface area contributed by atoms with Crippen LogP contribution in [0, 0.1) is 0 Å². The maximum Gasteiger partial charge on any atom is 0.267 e. The Bertz CT molecular complexity index is 960. The third kappa shape index (κ3) is 2.75. The fraction of sp³-hybridized carbons (Fsp3) is 0.421. The number of carbonyl (C=O) groups is 1. The summed E-state index contributed by atoms with van der Waals surface area (Å²) in [6, 6.07) is 9.51. The molecule has 7 heteroatoms. The monoisotopic (exact) mass is 373 g/mol. The number of nitrogens with one attached hydrogen (secondary N) is 1. The van der Waals surface area contributed by atoms with Gasteiger partial charge in [0.25, 0.3) is 5.91 Å². The highest BCUT2D eigenvalue weighted by Crippen LogP contribution is 2.45. The molecule has 1 fully saturated rings. The molecule has 1 heterocycles. The molecule has 0 aliphatic heterocycles. The molecule has 6 nitrogen and oxygen atoms in total. The lowest BCUT2D eigenvalue weighted by atomic mass is 10.1. The number of rotatable bonds is 5. The highest BCUT2D eigenvalue weighted by atomic mass is 32.2. The molecule has 0 radical (unpaired) electrons. The molecule has 0 saturated heterocycles. The molecular formula is C19H23N3O3S. The Hall–Kier alpha value is -2.12. The lowest BCUT2D eigenvalue weighted by Crippen LogP contribution is -2.35. The van der Waals surface area contributed by atoms with Crippen molar-refractivity contribution in [1.82, 2.24) is 14.2 Å². The highest BCUT2D eigenvalue weighted by Gasteiger charge is 2.45. The van der Waals surface area contributed by atoms with Crippen molar-refractivity contribution in [3.05, 3.63) is 53.3 Å². The summed E-state index contributed by atoms with van der Waals surface area (Å²) >= 11 is 0. The SMILES string of the molecule is CNC(=O)c1cc(S(=O)(=O)N(C2CC2)[C@H]2CCc3ccccc32)cn1C. The van der Waals surface area contributed by atoms with E-state index < -0.39 is 10.0 Å². The zero-order chi connectivity index (χ0) is 18.5. The lowest BCUT2D eigenvalue weighted by Gasteiger charge is -2.28. The highest BCUT2D eigenvalue weighted by molar-refractivity contribution is 7.89. The number of hydrogen-bond acceptors (Lipinski definition) is 3. The second-order valence-electron chi connectivity index (χ2n) is 7.07. The summed E-state index contributed by atoms with van der Waals surface area (Å²) in [6.45, 7) is 0. The van der Waals surface area contributed by atoms with Gasteiger partial charge in [0.1, 0.15) is 10.6 Å². The number of carbonyl (C=O) groups excluding carboxylic acids is 1. The minimum Gasteiger partial charge on any atom is -0.354 e. The van der Waals surface area contributed by atoms with Crippen molar-refractivity contribution in [2.45, 2.75) is 42.7 Å². The van der Waals surface area contributed by atoms with E-state index in [1.807, 2.05) is 18.2 Å². The van der Waals surface area contributed by atoms with Crippen LogP contribution in [0.25, 0.3) is 0 Å². The van der Waals surface area contributed by atoms with Crippen LogP contribution >= 0.6 is 0 Å². The van der Waals surface area contributed by atoms with Gasteiger partial charge in [-0.2, -0.15) is 4.31 Å². The topological polar surface area (TPSA) is 71.4 Å². The van der Waals surface area contributed by atoms with Crippen LogP contribution in [0.1, 0.15) is 46.9 Å². The van der Waals surface area contributed by atoms with Crippen LogP contribution < -0.4 is 5.32 Å². The van der Waals surface area contributed by atoms with E-state index in [9.17, 15) is 13.2 Å². The minimum absolute atomic E-state index is 0.0554. The number of benzene rings is 1. The first kappa shape index (κ1) is 17.3. The van der Waals surface area contributed by atoms with Crippen LogP contribution in [0.2, 0.25) is 0 Å². The molecule has 1 saturated carbocycles. The first-order valence-corrected chi connectivity index (χ1v) is 10.4. The Morgan fingerprint density at radius 1 is 1.23 bits per heavy atom. The van der Waals surface area contributed by atoms with Crippen LogP contribution in [-0.2, 0) is 23.5 Å². The molecular weight excluding hydrogens is 350 g/mol. The van der Waals surface area contributed by atoms with Gasteiger partial charge in [0.2, 0.25) is 10.0 Å². The summed E-state index contributed by atoms with van der Waals surface area (Å²) in [4.78, 5) is 12.2. The molecule has 26 heavy (non-hydrogen) atoms. The van der Waals surface area contributed by atoms with Crippen molar-refractivity contribution < 1.29 is 13.2 Å². The van der Waals surface area contributed by atoms with Crippen molar-refractivity contribution in [2.75, 3.05) is 7.05 Å². The summed E-state index contributed by atoms with van der Waals surface area (Å²) in [5.41, 5.74) is 2.69. The second kappa shape index (κ2) is 6.25. The van der Waals surface area contributed by atoms with Crippen molar-refractivity contribution in [3.63, 3.8) is 0 Å². The van der Waals surface area contributed by atoms with Gasteiger partial charge in [0, 0.05) is 26.3 Å².